The Bertz CT molecular complexity index is 532. The van der Waals surface area contributed by atoms with Gasteiger partial charge in [-0.3, -0.25) is 14.9 Å². The third-order valence-electron chi connectivity index (χ3n) is 3.09. The lowest BCUT2D eigenvalue weighted by atomic mass is 10.0. The molecule has 6 nitrogen and oxygen atoms in total. The molecule has 7 heteroatoms. The first-order valence-electron chi connectivity index (χ1n) is 6.62. The molecule has 0 saturated carbocycles. The van der Waals surface area contributed by atoms with Gasteiger partial charge < -0.3 is 10.2 Å². The maximum absolute atomic E-state index is 12.2. The smallest absolute Gasteiger partial charge is 0.288 e. The molecule has 0 spiro atoms. The summed E-state index contributed by atoms with van der Waals surface area (Å²) < 4.78 is 0. The summed E-state index contributed by atoms with van der Waals surface area (Å²) in [6, 6.07) is 4.01. The maximum Gasteiger partial charge on any atom is 0.288 e. The Hall–Kier alpha value is -1.66. The third-order valence-corrected chi connectivity index (χ3v) is 3.41. The van der Waals surface area contributed by atoms with Crippen molar-refractivity contribution in [3.8, 4) is 0 Å². The van der Waals surface area contributed by atoms with Crippen LogP contribution < -0.4 is 5.32 Å². The molecular weight excluding hydrogens is 294 g/mol. The number of hydrogen-bond acceptors (Lipinski definition) is 4. The second kappa shape index (κ2) is 7.38. The average molecular weight is 314 g/mol. The van der Waals surface area contributed by atoms with E-state index in [1.54, 1.807) is 0 Å². The molecule has 0 aromatic heterocycles. The minimum atomic E-state index is -0.598. The van der Waals surface area contributed by atoms with Gasteiger partial charge in [-0.15, -0.1) is 0 Å². The molecule has 0 aliphatic rings. The van der Waals surface area contributed by atoms with Crippen LogP contribution >= 0.6 is 11.6 Å². The predicted octanol–water partition coefficient (Wildman–Crippen LogP) is 2.56. The van der Waals surface area contributed by atoms with E-state index in [1.165, 1.54) is 18.2 Å². The average Bonchev–Trinajstić information content (AvgIpc) is 2.37. The number of nitrogens with one attached hydrogen (secondary N) is 1. The summed E-state index contributed by atoms with van der Waals surface area (Å²) in [6.45, 7) is 4.72. The first kappa shape index (κ1) is 17.4. The van der Waals surface area contributed by atoms with Crippen LogP contribution in [0.5, 0.6) is 0 Å². The van der Waals surface area contributed by atoms with Gasteiger partial charge in [0.15, 0.2) is 0 Å². The number of nitro groups is 1. The van der Waals surface area contributed by atoms with Crippen molar-refractivity contribution in [3.05, 3.63) is 38.9 Å². The lowest BCUT2D eigenvalue weighted by molar-refractivity contribution is -0.384. The lowest BCUT2D eigenvalue weighted by Crippen LogP contribution is -2.45. The fraction of sp³-hybridized carbons (Fsp3) is 0.500. The summed E-state index contributed by atoms with van der Waals surface area (Å²) in [4.78, 5) is 24.5. The Kier molecular flexibility index (Phi) is 6.11. The van der Waals surface area contributed by atoms with Crippen molar-refractivity contribution in [1.29, 1.82) is 0 Å². The molecule has 0 bridgehead atoms. The van der Waals surface area contributed by atoms with Gasteiger partial charge in [-0.05, 0) is 32.1 Å². The standard InChI is InChI=1S/C14H20ClN3O3/c1-9(2)12(8-17(3)4)16-14(19)10-5-6-11(15)13(7-10)18(20)21/h5-7,9,12H,8H2,1-4H3,(H,16,19). The molecule has 0 heterocycles. The van der Waals surface area contributed by atoms with Crippen LogP contribution in [0.15, 0.2) is 18.2 Å². The van der Waals surface area contributed by atoms with Crippen LogP contribution in [0, 0.1) is 16.0 Å². The first-order valence-corrected chi connectivity index (χ1v) is 6.99. The summed E-state index contributed by atoms with van der Waals surface area (Å²) in [5, 5.41) is 13.8. The van der Waals surface area contributed by atoms with Gasteiger partial charge in [-0.2, -0.15) is 0 Å². The van der Waals surface area contributed by atoms with E-state index >= 15 is 0 Å². The molecule has 1 aromatic rings. The number of nitrogens with zero attached hydrogens (tertiary/aromatic N) is 2. The molecule has 0 aliphatic heterocycles. The second-order valence-corrected chi connectivity index (χ2v) is 5.92. The van der Waals surface area contributed by atoms with E-state index in [0.29, 0.717) is 6.54 Å². The Labute approximate surface area is 129 Å². The molecule has 0 fully saturated rings. The van der Waals surface area contributed by atoms with Gasteiger partial charge in [-0.1, -0.05) is 25.4 Å². The predicted molar refractivity (Wildman–Crippen MR) is 82.8 cm³/mol. The Morgan fingerprint density at radius 3 is 2.52 bits per heavy atom. The molecule has 1 unspecified atom stereocenters. The zero-order valence-electron chi connectivity index (χ0n) is 12.6. The molecule has 1 amide bonds. The summed E-state index contributed by atoms with van der Waals surface area (Å²) >= 11 is 5.74. The fourth-order valence-electron chi connectivity index (χ4n) is 1.86. The molecule has 116 valence electrons. The zero-order chi connectivity index (χ0) is 16.2. The molecular formula is C14H20ClN3O3. The van der Waals surface area contributed by atoms with Crippen molar-refractivity contribution < 1.29 is 9.72 Å². The number of halogens is 1. The molecule has 1 atom stereocenters. The second-order valence-electron chi connectivity index (χ2n) is 5.51. The number of likely N-dealkylation sites (N-methyl/N-ethyl adjacent to an activating group) is 1. The van der Waals surface area contributed by atoms with Gasteiger partial charge in [0.2, 0.25) is 0 Å². The molecule has 1 N–H and O–H groups in total. The number of carbonyl (C=O) groups excluding carboxylic acids is 1. The molecule has 0 radical (unpaired) electrons. The molecule has 1 aromatic carbocycles. The van der Waals surface area contributed by atoms with E-state index in [4.69, 9.17) is 11.6 Å². The lowest BCUT2D eigenvalue weighted by Gasteiger charge is -2.25. The highest BCUT2D eigenvalue weighted by atomic mass is 35.5. The highest BCUT2D eigenvalue weighted by molar-refractivity contribution is 6.32. The zero-order valence-corrected chi connectivity index (χ0v) is 13.3. The van der Waals surface area contributed by atoms with Crippen LogP contribution in [0.2, 0.25) is 5.02 Å². The van der Waals surface area contributed by atoms with Crippen molar-refractivity contribution >= 4 is 23.2 Å². The summed E-state index contributed by atoms with van der Waals surface area (Å²) in [5.74, 6) is -0.0889. The number of nitro benzene ring substituents is 1. The maximum atomic E-state index is 12.2. The van der Waals surface area contributed by atoms with Crippen LogP contribution in [-0.4, -0.2) is 42.4 Å². The van der Waals surface area contributed by atoms with Crippen molar-refractivity contribution in [1.82, 2.24) is 10.2 Å². The Balaban J connectivity index is 2.92. The van der Waals surface area contributed by atoms with Gasteiger partial charge in [0.25, 0.3) is 11.6 Å². The Morgan fingerprint density at radius 2 is 2.05 bits per heavy atom. The number of benzene rings is 1. The van der Waals surface area contributed by atoms with E-state index in [-0.39, 0.29) is 34.1 Å². The van der Waals surface area contributed by atoms with E-state index in [9.17, 15) is 14.9 Å². The summed E-state index contributed by atoms with van der Waals surface area (Å²) in [5.41, 5.74) is -0.0338. The van der Waals surface area contributed by atoms with Gasteiger partial charge in [0.1, 0.15) is 5.02 Å². The number of carbonyl (C=O) groups is 1. The topological polar surface area (TPSA) is 75.5 Å². The summed E-state index contributed by atoms with van der Waals surface area (Å²) in [6.07, 6.45) is 0. The van der Waals surface area contributed by atoms with Gasteiger partial charge in [0.05, 0.1) is 4.92 Å². The van der Waals surface area contributed by atoms with Crippen molar-refractivity contribution in [2.75, 3.05) is 20.6 Å². The van der Waals surface area contributed by atoms with E-state index in [0.717, 1.165) is 0 Å². The van der Waals surface area contributed by atoms with E-state index in [2.05, 4.69) is 5.32 Å². The third kappa shape index (κ3) is 4.99. The van der Waals surface area contributed by atoms with E-state index < -0.39 is 4.92 Å². The fourth-order valence-corrected chi connectivity index (χ4v) is 2.05. The number of amides is 1. The summed E-state index contributed by atoms with van der Waals surface area (Å²) in [7, 11) is 3.85. The monoisotopic (exact) mass is 313 g/mol. The normalized spacial score (nSPS) is 12.5. The van der Waals surface area contributed by atoms with Crippen LogP contribution in [0.4, 0.5) is 5.69 Å². The highest BCUT2D eigenvalue weighted by Crippen LogP contribution is 2.25. The van der Waals surface area contributed by atoms with Crippen molar-refractivity contribution in [2.45, 2.75) is 19.9 Å². The van der Waals surface area contributed by atoms with Crippen LogP contribution in [0.25, 0.3) is 0 Å². The molecule has 1 rings (SSSR count). The number of rotatable bonds is 6. The number of hydrogen-bond donors (Lipinski definition) is 1. The largest absolute Gasteiger partial charge is 0.348 e. The molecule has 0 aliphatic carbocycles. The minimum absolute atomic E-state index is 0.0188. The first-order chi connectivity index (χ1) is 9.72. The van der Waals surface area contributed by atoms with Crippen LogP contribution in [0.3, 0.4) is 0 Å². The van der Waals surface area contributed by atoms with Crippen molar-refractivity contribution in [2.24, 2.45) is 5.92 Å². The molecule has 21 heavy (non-hydrogen) atoms. The quantitative estimate of drug-likeness (QED) is 0.647. The van der Waals surface area contributed by atoms with Crippen LogP contribution in [0.1, 0.15) is 24.2 Å². The minimum Gasteiger partial charge on any atom is -0.348 e. The Morgan fingerprint density at radius 1 is 1.43 bits per heavy atom. The van der Waals surface area contributed by atoms with Crippen molar-refractivity contribution in [3.63, 3.8) is 0 Å². The van der Waals surface area contributed by atoms with E-state index in [1.807, 2.05) is 32.8 Å². The highest BCUT2D eigenvalue weighted by Gasteiger charge is 2.20. The molecule has 0 saturated heterocycles. The van der Waals surface area contributed by atoms with Gasteiger partial charge in [-0.25, -0.2) is 0 Å². The SMILES string of the molecule is CC(C)C(CN(C)C)NC(=O)c1ccc(Cl)c([N+](=O)[O-])c1. The van der Waals surface area contributed by atoms with Gasteiger partial charge >= 0.3 is 0 Å². The van der Waals surface area contributed by atoms with Gasteiger partial charge in [0, 0.05) is 24.2 Å². The van der Waals surface area contributed by atoms with Crippen LogP contribution in [-0.2, 0) is 0 Å².